The summed E-state index contributed by atoms with van der Waals surface area (Å²) in [5, 5.41) is 0. The van der Waals surface area contributed by atoms with Crippen LogP contribution in [0.1, 0.15) is 47.5 Å². The zero-order valence-corrected chi connectivity index (χ0v) is 12.6. The van der Waals surface area contributed by atoms with Gasteiger partial charge in [0, 0.05) is 11.8 Å². The van der Waals surface area contributed by atoms with Crippen molar-refractivity contribution in [2.24, 2.45) is 17.3 Å². The summed E-state index contributed by atoms with van der Waals surface area (Å²) in [5.74, 6) is 0.587. The van der Waals surface area contributed by atoms with Crippen LogP contribution in [0, 0.1) is 17.3 Å². The lowest BCUT2D eigenvalue weighted by Gasteiger charge is -2.33. The Kier molecular flexibility index (Phi) is 6.90. The number of allylic oxidation sites excluding steroid dienone is 4. The Hall–Kier alpha value is -1.11. The van der Waals surface area contributed by atoms with Gasteiger partial charge in [-0.3, -0.25) is 4.79 Å². The molecule has 0 spiro atoms. The molecule has 0 radical (unpaired) electrons. The highest BCUT2D eigenvalue weighted by Crippen LogP contribution is 2.38. The molecule has 0 saturated carbocycles. The number of hydrogen-bond donors (Lipinski definition) is 0. The van der Waals surface area contributed by atoms with Gasteiger partial charge in [-0.2, -0.15) is 0 Å². The van der Waals surface area contributed by atoms with Gasteiger partial charge in [0.2, 0.25) is 0 Å². The second kappa shape index (κ2) is 7.35. The number of carbonyl (C=O) groups is 1. The van der Waals surface area contributed by atoms with Gasteiger partial charge in [0.15, 0.2) is 0 Å². The summed E-state index contributed by atoms with van der Waals surface area (Å²) in [7, 11) is 0. The van der Waals surface area contributed by atoms with Gasteiger partial charge < -0.3 is 0 Å². The lowest BCUT2D eigenvalue weighted by atomic mass is 9.71. The van der Waals surface area contributed by atoms with Crippen LogP contribution in [-0.2, 0) is 4.79 Å². The predicted octanol–water partition coefficient (Wildman–Crippen LogP) is 4.95. The minimum Gasteiger partial charge on any atom is -0.300 e. The fourth-order valence-electron chi connectivity index (χ4n) is 2.02. The Balaban J connectivity index is 4.98. The summed E-state index contributed by atoms with van der Waals surface area (Å²) >= 11 is 0. The van der Waals surface area contributed by atoms with E-state index in [0.29, 0.717) is 5.92 Å². The minimum absolute atomic E-state index is 0.0600. The highest BCUT2D eigenvalue weighted by molar-refractivity contribution is 5.78. The molecule has 0 aromatic carbocycles. The standard InChI is InChI=1S/C17H28O/c1-8-10-11-16(17(6,7)9-2)14(4)12-13(3)15(5)18/h8,10-11,13,16H,1,4,9,12H2,2-3,5-7H3/b11-10-/t13?,16-/m0/s1. The van der Waals surface area contributed by atoms with Crippen molar-refractivity contribution in [2.75, 3.05) is 0 Å². The van der Waals surface area contributed by atoms with E-state index in [4.69, 9.17) is 0 Å². The zero-order valence-electron chi connectivity index (χ0n) is 12.6. The first kappa shape index (κ1) is 16.9. The van der Waals surface area contributed by atoms with Crippen molar-refractivity contribution in [3.05, 3.63) is 37.0 Å². The normalized spacial score (nSPS) is 15.4. The molecule has 0 N–H and O–H groups in total. The first-order valence-electron chi connectivity index (χ1n) is 6.73. The van der Waals surface area contributed by atoms with Gasteiger partial charge in [-0.1, -0.05) is 71.1 Å². The van der Waals surface area contributed by atoms with Crippen molar-refractivity contribution in [1.29, 1.82) is 0 Å². The first-order valence-corrected chi connectivity index (χ1v) is 6.73. The fraction of sp³-hybridized carbons (Fsp3) is 0.588. The predicted molar refractivity (Wildman–Crippen MR) is 80.5 cm³/mol. The van der Waals surface area contributed by atoms with Crippen LogP contribution in [0.2, 0.25) is 0 Å². The number of rotatable bonds is 8. The molecule has 0 aliphatic rings. The Morgan fingerprint density at radius 1 is 1.39 bits per heavy atom. The Morgan fingerprint density at radius 3 is 2.33 bits per heavy atom. The van der Waals surface area contributed by atoms with Gasteiger partial charge in [0.05, 0.1) is 0 Å². The maximum absolute atomic E-state index is 11.4. The van der Waals surface area contributed by atoms with Crippen LogP contribution in [0.25, 0.3) is 0 Å². The van der Waals surface area contributed by atoms with Gasteiger partial charge in [-0.05, 0) is 18.8 Å². The summed E-state index contributed by atoms with van der Waals surface area (Å²) in [4.78, 5) is 11.4. The van der Waals surface area contributed by atoms with Crippen molar-refractivity contribution in [3.8, 4) is 0 Å². The van der Waals surface area contributed by atoms with E-state index in [1.165, 1.54) is 0 Å². The molecule has 0 amide bonds. The van der Waals surface area contributed by atoms with Gasteiger partial charge in [0.25, 0.3) is 0 Å². The van der Waals surface area contributed by atoms with E-state index in [0.717, 1.165) is 18.4 Å². The van der Waals surface area contributed by atoms with Crippen LogP contribution >= 0.6 is 0 Å². The smallest absolute Gasteiger partial charge is 0.132 e. The molecule has 1 heteroatoms. The third-order valence-corrected chi connectivity index (χ3v) is 3.89. The second-order valence-electron chi connectivity index (χ2n) is 5.81. The van der Waals surface area contributed by atoms with E-state index >= 15 is 0 Å². The maximum atomic E-state index is 11.4. The molecular weight excluding hydrogens is 220 g/mol. The minimum atomic E-state index is 0.0600. The molecule has 0 aromatic rings. The molecule has 0 heterocycles. The van der Waals surface area contributed by atoms with E-state index in [9.17, 15) is 4.79 Å². The lowest BCUT2D eigenvalue weighted by Crippen LogP contribution is -2.24. The first-order chi connectivity index (χ1) is 8.26. The Bertz CT molecular complexity index is 334. The number of ketones is 1. The quantitative estimate of drug-likeness (QED) is 0.438. The molecule has 0 bridgehead atoms. The summed E-state index contributed by atoms with van der Waals surface area (Å²) in [6, 6.07) is 0. The highest BCUT2D eigenvalue weighted by Gasteiger charge is 2.28. The van der Waals surface area contributed by atoms with Crippen molar-refractivity contribution >= 4 is 5.78 Å². The van der Waals surface area contributed by atoms with Crippen LogP contribution in [0.5, 0.6) is 0 Å². The van der Waals surface area contributed by atoms with Crippen LogP contribution in [0.15, 0.2) is 37.0 Å². The molecular formula is C17H28O. The average molecular weight is 248 g/mol. The number of hydrogen-bond acceptors (Lipinski definition) is 1. The molecule has 1 nitrogen and oxygen atoms in total. The van der Waals surface area contributed by atoms with Gasteiger partial charge in [-0.15, -0.1) is 0 Å². The monoisotopic (exact) mass is 248 g/mol. The molecule has 0 aliphatic carbocycles. The van der Waals surface area contributed by atoms with Gasteiger partial charge in [-0.25, -0.2) is 0 Å². The molecule has 0 rings (SSSR count). The van der Waals surface area contributed by atoms with Crippen molar-refractivity contribution in [1.82, 2.24) is 0 Å². The zero-order chi connectivity index (χ0) is 14.3. The molecule has 0 aliphatic heterocycles. The molecule has 2 atom stereocenters. The van der Waals surface area contributed by atoms with Crippen molar-refractivity contribution < 1.29 is 4.79 Å². The van der Waals surface area contributed by atoms with Crippen LogP contribution in [0.3, 0.4) is 0 Å². The van der Waals surface area contributed by atoms with E-state index in [1.807, 2.05) is 13.0 Å². The molecule has 102 valence electrons. The second-order valence-corrected chi connectivity index (χ2v) is 5.81. The summed E-state index contributed by atoms with van der Waals surface area (Å²) in [5.41, 5.74) is 1.30. The third kappa shape index (κ3) is 5.03. The van der Waals surface area contributed by atoms with E-state index in [-0.39, 0.29) is 17.1 Å². The molecule has 0 saturated heterocycles. The van der Waals surface area contributed by atoms with Crippen molar-refractivity contribution in [3.63, 3.8) is 0 Å². The topological polar surface area (TPSA) is 17.1 Å². The maximum Gasteiger partial charge on any atom is 0.132 e. The molecule has 1 unspecified atom stereocenters. The van der Waals surface area contributed by atoms with Crippen molar-refractivity contribution in [2.45, 2.75) is 47.5 Å². The SMILES string of the molecule is C=C/C=C\[C@@H](C(=C)CC(C)C(C)=O)C(C)(C)CC. The van der Waals surface area contributed by atoms with Crippen LogP contribution in [-0.4, -0.2) is 5.78 Å². The molecule has 0 aromatic heterocycles. The van der Waals surface area contributed by atoms with E-state index in [1.54, 1.807) is 13.0 Å². The number of carbonyl (C=O) groups excluding carboxylic acids is 1. The molecule has 0 fully saturated rings. The fourth-order valence-corrected chi connectivity index (χ4v) is 2.02. The average Bonchev–Trinajstić information content (AvgIpc) is 2.29. The Labute approximate surface area is 113 Å². The highest BCUT2D eigenvalue weighted by atomic mass is 16.1. The van der Waals surface area contributed by atoms with Gasteiger partial charge in [0.1, 0.15) is 5.78 Å². The number of Topliss-reactive ketones (excluding diaryl/α,β-unsaturated/α-hetero) is 1. The third-order valence-electron chi connectivity index (χ3n) is 3.89. The largest absolute Gasteiger partial charge is 0.300 e. The summed E-state index contributed by atoms with van der Waals surface area (Å²) < 4.78 is 0. The van der Waals surface area contributed by atoms with Crippen LogP contribution < -0.4 is 0 Å². The Morgan fingerprint density at radius 2 is 1.94 bits per heavy atom. The lowest BCUT2D eigenvalue weighted by molar-refractivity contribution is -0.120. The summed E-state index contributed by atoms with van der Waals surface area (Å²) in [6.07, 6.45) is 7.77. The van der Waals surface area contributed by atoms with E-state index < -0.39 is 0 Å². The molecule has 18 heavy (non-hydrogen) atoms. The van der Waals surface area contributed by atoms with Gasteiger partial charge >= 0.3 is 0 Å². The van der Waals surface area contributed by atoms with E-state index in [2.05, 4.69) is 40.0 Å². The van der Waals surface area contributed by atoms with Crippen LogP contribution in [0.4, 0.5) is 0 Å². The summed E-state index contributed by atoms with van der Waals surface area (Å²) in [6.45, 7) is 18.2.